The van der Waals surface area contributed by atoms with E-state index >= 15 is 0 Å². The monoisotopic (exact) mass is 194 g/mol. The Morgan fingerprint density at radius 3 is 2.21 bits per heavy atom. The third kappa shape index (κ3) is 2.83. The maximum Gasteiger partial charge on any atom is 0.123 e. The molecule has 0 aliphatic rings. The van der Waals surface area contributed by atoms with E-state index in [1.54, 1.807) is 12.1 Å². The van der Waals surface area contributed by atoms with Gasteiger partial charge in [0.25, 0.3) is 0 Å². The van der Waals surface area contributed by atoms with Crippen molar-refractivity contribution < 1.29 is 4.39 Å². The number of halogens is 1. The van der Waals surface area contributed by atoms with Crippen molar-refractivity contribution in [3.63, 3.8) is 0 Å². The molecule has 1 heteroatoms. The second-order valence-electron chi connectivity index (χ2n) is 4.11. The van der Waals surface area contributed by atoms with Gasteiger partial charge in [-0.3, -0.25) is 0 Å². The first kappa shape index (κ1) is 11.2. The summed E-state index contributed by atoms with van der Waals surface area (Å²) in [6.07, 6.45) is 2.45. The molecule has 14 heavy (non-hydrogen) atoms. The van der Waals surface area contributed by atoms with Gasteiger partial charge in [0, 0.05) is 0 Å². The standard InChI is InChI=1S/C13H19F/c1-4-5-10(2)11(3)12-6-8-13(14)9-7-12/h6-11H,4-5H2,1-3H3/t10?,11-/m1/s1. The fourth-order valence-corrected chi connectivity index (χ4v) is 1.80. The molecule has 0 N–H and O–H groups in total. The molecule has 0 fully saturated rings. The first-order valence-electron chi connectivity index (χ1n) is 5.40. The molecular formula is C13H19F. The Kier molecular flexibility index (Phi) is 4.12. The largest absolute Gasteiger partial charge is 0.207 e. The Morgan fingerprint density at radius 1 is 1.14 bits per heavy atom. The zero-order valence-electron chi connectivity index (χ0n) is 9.26. The van der Waals surface area contributed by atoms with E-state index in [1.807, 2.05) is 12.1 Å². The van der Waals surface area contributed by atoms with Crippen LogP contribution >= 0.6 is 0 Å². The van der Waals surface area contributed by atoms with Gasteiger partial charge >= 0.3 is 0 Å². The molecule has 0 aromatic heterocycles. The molecule has 1 aromatic carbocycles. The highest BCUT2D eigenvalue weighted by Gasteiger charge is 2.12. The van der Waals surface area contributed by atoms with Crippen molar-refractivity contribution >= 4 is 0 Å². The Balaban J connectivity index is 2.68. The van der Waals surface area contributed by atoms with Crippen molar-refractivity contribution in [2.45, 2.75) is 39.5 Å². The normalized spacial score (nSPS) is 15.1. The molecule has 78 valence electrons. The summed E-state index contributed by atoms with van der Waals surface area (Å²) in [5.41, 5.74) is 1.24. The zero-order chi connectivity index (χ0) is 10.6. The molecule has 0 amide bonds. The summed E-state index contributed by atoms with van der Waals surface area (Å²) < 4.78 is 12.7. The smallest absolute Gasteiger partial charge is 0.123 e. The van der Waals surface area contributed by atoms with Crippen molar-refractivity contribution in [1.82, 2.24) is 0 Å². The Morgan fingerprint density at radius 2 is 1.71 bits per heavy atom. The molecule has 0 saturated heterocycles. The van der Waals surface area contributed by atoms with E-state index in [9.17, 15) is 4.39 Å². The number of hydrogen-bond donors (Lipinski definition) is 0. The molecule has 1 rings (SSSR count). The van der Waals surface area contributed by atoms with E-state index in [2.05, 4.69) is 20.8 Å². The quantitative estimate of drug-likeness (QED) is 0.667. The van der Waals surface area contributed by atoms with Crippen molar-refractivity contribution in [2.75, 3.05) is 0 Å². The summed E-state index contributed by atoms with van der Waals surface area (Å²) in [5, 5.41) is 0. The third-order valence-electron chi connectivity index (χ3n) is 2.99. The van der Waals surface area contributed by atoms with Crippen LogP contribution in [0.4, 0.5) is 4.39 Å². The van der Waals surface area contributed by atoms with Gasteiger partial charge in [0.1, 0.15) is 5.82 Å². The van der Waals surface area contributed by atoms with Gasteiger partial charge in [0.05, 0.1) is 0 Å². The lowest BCUT2D eigenvalue weighted by atomic mass is 9.86. The molecule has 2 atom stereocenters. The first-order chi connectivity index (χ1) is 6.65. The van der Waals surface area contributed by atoms with Crippen LogP contribution in [0.1, 0.15) is 45.1 Å². The minimum Gasteiger partial charge on any atom is -0.207 e. The van der Waals surface area contributed by atoms with Gasteiger partial charge in [-0.05, 0) is 29.5 Å². The van der Waals surface area contributed by atoms with E-state index in [1.165, 1.54) is 18.4 Å². The molecule has 0 saturated carbocycles. The minimum absolute atomic E-state index is 0.149. The summed E-state index contributed by atoms with van der Waals surface area (Å²) in [6.45, 7) is 6.68. The second kappa shape index (κ2) is 5.14. The molecule has 0 aliphatic heterocycles. The van der Waals surface area contributed by atoms with E-state index in [0.29, 0.717) is 11.8 Å². The van der Waals surface area contributed by atoms with E-state index in [4.69, 9.17) is 0 Å². The predicted octanol–water partition coefficient (Wildman–Crippen LogP) is 4.37. The summed E-state index contributed by atoms with van der Waals surface area (Å²) >= 11 is 0. The average Bonchev–Trinajstić information content (AvgIpc) is 2.18. The van der Waals surface area contributed by atoms with E-state index in [0.717, 1.165) is 0 Å². The summed E-state index contributed by atoms with van der Waals surface area (Å²) in [7, 11) is 0. The first-order valence-corrected chi connectivity index (χ1v) is 5.40. The molecule has 0 bridgehead atoms. The van der Waals surface area contributed by atoms with Crippen LogP contribution in [-0.2, 0) is 0 Å². The predicted molar refractivity (Wildman–Crippen MR) is 58.9 cm³/mol. The van der Waals surface area contributed by atoms with E-state index in [-0.39, 0.29) is 5.82 Å². The highest BCUT2D eigenvalue weighted by atomic mass is 19.1. The molecule has 1 unspecified atom stereocenters. The van der Waals surface area contributed by atoms with Gasteiger partial charge in [-0.1, -0.05) is 45.7 Å². The van der Waals surface area contributed by atoms with Crippen LogP contribution in [0.3, 0.4) is 0 Å². The lowest BCUT2D eigenvalue weighted by molar-refractivity contribution is 0.447. The van der Waals surface area contributed by atoms with Crippen molar-refractivity contribution in [1.29, 1.82) is 0 Å². The third-order valence-corrected chi connectivity index (χ3v) is 2.99. The molecule has 0 radical (unpaired) electrons. The highest BCUT2D eigenvalue weighted by molar-refractivity contribution is 5.20. The van der Waals surface area contributed by atoms with Crippen LogP contribution in [0, 0.1) is 11.7 Å². The van der Waals surface area contributed by atoms with Gasteiger partial charge < -0.3 is 0 Å². The van der Waals surface area contributed by atoms with Crippen LogP contribution in [0.25, 0.3) is 0 Å². The van der Waals surface area contributed by atoms with Crippen LogP contribution in [0.5, 0.6) is 0 Å². The number of hydrogen-bond acceptors (Lipinski definition) is 0. The Hall–Kier alpha value is -0.850. The van der Waals surface area contributed by atoms with Crippen LogP contribution in [0.15, 0.2) is 24.3 Å². The molecular weight excluding hydrogens is 175 g/mol. The summed E-state index contributed by atoms with van der Waals surface area (Å²) in [6, 6.07) is 6.88. The van der Waals surface area contributed by atoms with Gasteiger partial charge in [-0.25, -0.2) is 4.39 Å². The van der Waals surface area contributed by atoms with Gasteiger partial charge in [0.2, 0.25) is 0 Å². The fourth-order valence-electron chi connectivity index (χ4n) is 1.80. The Labute approximate surface area is 86.2 Å². The molecule has 0 aliphatic carbocycles. The molecule has 0 spiro atoms. The molecule has 0 heterocycles. The summed E-state index contributed by atoms with van der Waals surface area (Å²) in [5.74, 6) is 1.05. The van der Waals surface area contributed by atoms with Gasteiger partial charge in [-0.2, -0.15) is 0 Å². The average molecular weight is 194 g/mol. The summed E-state index contributed by atoms with van der Waals surface area (Å²) in [4.78, 5) is 0. The van der Waals surface area contributed by atoms with Crippen molar-refractivity contribution in [3.8, 4) is 0 Å². The van der Waals surface area contributed by atoms with Crippen molar-refractivity contribution in [3.05, 3.63) is 35.6 Å². The topological polar surface area (TPSA) is 0 Å². The lowest BCUT2D eigenvalue weighted by Gasteiger charge is -2.19. The van der Waals surface area contributed by atoms with Crippen LogP contribution in [-0.4, -0.2) is 0 Å². The molecule has 1 aromatic rings. The zero-order valence-corrected chi connectivity index (χ0v) is 9.26. The number of rotatable bonds is 4. The number of benzene rings is 1. The maximum absolute atomic E-state index is 12.7. The Bertz CT molecular complexity index is 263. The SMILES string of the molecule is CCCC(C)[C@@H](C)c1ccc(F)cc1. The van der Waals surface area contributed by atoms with Crippen LogP contribution < -0.4 is 0 Å². The van der Waals surface area contributed by atoms with E-state index < -0.39 is 0 Å². The highest BCUT2D eigenvalue weighted by Crippen LogP contribution is 2.27. The minimum atomic E-state index is -0.149. The van der Waals surface area contributed by atoms with Gasteiger partial charge in [-0.15, -0.1) is 0 Å². The second-order valence-corrected chi connectivity index (χ2v) is 4.11. The van der Waals surface area contributed by atoms with Crippen molar-refractivity contribution in [2.24, 2.45) is 5.92 Å². The maximum atomic E-state index is 12.7. The fraction of sp³-hybridized carbons (Fsp3) is 0.538. The lowest BCUT2D eigenvalue weighted by Crippen LogP contribution is -2.05. The van der Waals surface area contributed by atoms with Gasteiger partial charge in [0.15, 0.2) is 0 Å². The van der Waals surface area contributed by atoms with Crippen LogP contribution in [0.2, 0.25) is 0 Å². The molecule has 0 nitrogen and oxygen atoms in total.